The Morgan fingerprint density at radius 2 is 2.50 bits per heavy atom. The molecule has 1 amide bonds. The number of nitrogens with one attached hydrogen (secondary N) is 2. The zero-order valence-corrected chi connectivity index (χ0v) is 5.76. The van der Waals surface area contributed by atoms with Gasteiger partial charge in [-0.05, 0) is 19.4 Å². The maximum atomic E-state index is 10.1. The highest BCUT2D eigenvalue weighted by atomic mass is 16.4. The number of amides is 1. The summed E-state index contributed by atoms with van der Waals surface area (Å²) in [5.41, 5.74) is 0. The van der Waals surface area contributed by atoms with Gasteiger partial charge < -0.3 is 15.7 Å². The first-order valence-electron chi connectivity index (χ1n) is 3.49. The van der Waals surface area contributed by atoms with Gasteiger partial charge in [-0.3, -0.25) is 0 Å². The van der Waals surface area contributed by atoms with Gasteiger partial charge in [-0.15, -0.1) is 0 Å². The van der Waals surface area contributed by atoms with Crippen LogP contribution in [0.4, 0.5) is 4.79 Å². The van der Waals surface area contributed by atoms with E-state index in [9.17, 15) is 4.79 Å². The summed E-state index contributed by atoms with van der Waals surface area (Å²) >= 11 is 0. The van der Waals surface area contributed by atoms with Crippen LogP contribution < -0.4 is 10.6 Å². The molecule has 1 heterocycles. The van der Waals surface area contributed by atoms with E-state index in [0.717, 1.165) is 25.9 Å². The van der Waals surface area contributed by atoms with Crippen molar-refractivity contribution in [2.75, 3.05) is 13.1 Å². The number of carboxylic acid groups (broad SMARTS) is 1. The van der Waals surface area contributed by atoms with Gasteiger partial charge in [0.05, 0.1) is 0 Å². The average Bonchev–Trinajstić information content (AvgIpc) is 1.88. The molecule has 4 heteroatoms. The van der Waals surface area contributed by atoms with E-state index in [1.54, 1.807) is 0 Å². The fraction of sp³-hybridized carbons (Fsp3) is 0.833. The molecule has 1 rings (SSSR count). The molecular weight excluding hydrogens is 132 g/mol. The smallest absolute Gasteiger partial charge is 0.404 e. The van der Waals surface area contributed by atoms with E-state index < -0.39 is 6.09 Å². The number of rotatable bonds is 1. The Morgan fingerprint density at radius 1 is 1.70 bits per heavy atom. The predicted octanol–water partition coefficient (Wildman–Crippen LogP) is 0.00600. The third-order valence-electron chi connectivity index (χ3n) is 1.62. The van der Waals surface area contributed by atoms with Crippen molar-refractivity contribution in [3.63, 3.8) is 0 Å². The van der Waals surface area contributed by atoms with E-state index in [2.05, 4.69) is 10.6 Å². The molecule has 10 heavy (non-hydrogen) atoms. The second-order valence-electron chi connectivity index (χ2n) is 2.49. The molecule has 4 nitrogen and oxygen atoms in total. The van der Waals surface area contributed by atoms with E-state index in [1.165, 1.54) is 0 Å². The lowest BCUT2D eigenvalue weighted by Gasteiger charge is -2.21. The lowest BCUT2D eigenvalue weighted by Crippen LogP contribution is -2.45. The van der Waals surface area contributed by atoms with Gasteiger partial charge in [-0.1, -0.05) is 0 Å². The van der Waals surface area contributed by atoms with Gasteiger partial charge in [-0.25, -0.2) is 4.79 Å². The Kier molecular flexibility index (Phi) is 2.50. The summed E-state index contributed by atoms with van der Waals surface area (Å²) in [7, 11) is 0. The third-order valence-corrected chi connectivity index (χ3v) is 1.62. The van der Waals surface area contributed by atoms with Crippen molar-refractivity contribution in [3.05, 3.63) is 0 Å². The van der Waals surface area contributed by atoms with Crippen molar-refractivity contribution in [1.82, 2.24) is 10.6 Å². The highest BCUT2D eigenvalue weighted by molar-refractivity contribution is 5.64. The minimum absolute atomic E-state index is 0.117. The molecule has 1 aliphatic rings. The van der Waals surface area contributed by atoms with Gasteiger partial charge in [0, 0.05) is 12.6 Å². The molecule has 0 unspecified atom stereocenters. The van der Waals surface area contributed by atoms with Crippen molar-refractivity contribution < 1.29 is 9.90 Å². The molecule has 1 atom stereocenters. The molecule has 0 bridgehead atoms. The van der Waals surface area contributed by atoms with Crippen molar-refractivity contribution in [1.29, 1.82) is 0 Å². The average molecular weight is 144 g/mol. The van der Waals surface area contributed by atoms with Gasteiger partial charge in [-0.2, -0.15) is 0 Å². The van der Waals surface area contributed by atoms with Crippen LogP contribution in [0.2, 0.25) is 0 Å². The third kappa shape index (κ3) is 2.23. The highest BCUT2D eigenvalue weighted by Crippen LogP contribution is 2.00. The first kappa shape index (κ1) is 7.34. The van der Waals surface area contributed by atoms with Gasteiger partial charge in [0.25, 0.3) is 0 Å². The van der Waals surface area contributed by atoms with Gasteiger partial charge in [0.2, 0.25) is 0 Å². The van der Waals surface area contributed by atoms with Crippen molar-refractivity contribution >= 4 is 6.09 Å². The van der Waals surface area contributed by atoms with E-state index in [1.807, 2.05) is 0 Å². The van der Waals surface area contributed by atoms with E-state index in [0.29, 0.717) is 0 Å². The summed E-state index contributed by atoms with van der Waals surface area (Å²) in [6.07, 6.45) is 1.10. The van der Waals surface area contributed by atoms with Gasteiger partial charge >= 0.3 is 6.09 Å². The Labute approximate surface area is 59.6 Å². The van der Waals surface area contributed by atoms with Crippen LogP contribution in [0.3, 0.4) is 0 Å². The van der Waals surface area contributed by atoms with Crippen LogP contribution >= 0.6 is 0 Å². The minimum Gasteiger partial charge on any atom is -0.465 e. The monoisotopic (exact) mass is 144 g/mol. The van der Waals surface area contributed by atoms with Gasteiger partial charge in [0.15, 0.2) is 0 Å². The molecule has 0 aliphatic carbocycles. The maximum Gasteiger partial charge on any atom is 0.404 e. The Hall–Kier alpha value is -0.770. The van der Waals surface area contributed by atoms with Crippen LogP contribution in [0.5, 0.6) is 0 Å². The number of piperidine rings is 1. The zero-order valence-electron chi connectivity index (χ0n) is 5.76. The molecule has 0 aromatic rings. The molecule has 3 N–H and O–H groups in total. The molecular formula is C6H12N2O2. The standard InChI is InChI=1S/C6H12N2O2/c9-6(10)8-5-2-1-3-7-4-5/h5,7-8H,1-4H2,(H,9,10)/t5-/m1/s1. The Bertz CT molecular complexity index is 121. The summed E-state index contributed by atoms with van der Waals surface area (Å²) in [4.78, 5) is 10.1. The lowest BCUT2D eigenvalue weighted by atomic mass is 10.1. The first-order chi connectivity index (χ1) is 4.79. The Morgan fingerprint density at radius 3 is 3.00 bits per heavy atom. The fourth-order valence-corrected chi connectivity index (χ4v) is 1.15. The quantitative estimate of drug-likeness (QED) is 0.485. The molecule has 0 saturated carbocycles. The van der Waals surface area contributed by atoms with Crippen LogP contribution in [0, 0.1) is 0 Å². The first-order valence-corrected chi connectivity index (χ1v) is 3.49. The topological polar surface area (TPSA) is 61.4 Å². The number of hydrogen-bond donors (Lipinski definition) is 3. The second kappa shape index (κ2) is 3.41. The SMILES string of the molecule is O=C(O)N[C@@H]1CCCNC1. The van der Waals surface area contributed by atoms with E-state index >= 15 is 0 Å². The largest absolute Gasteiger partial charge is 0.465 e. The van der Waals surface area contributed by atoms with Gasteiger partial charge in [0.1, 0.15) is 0 Å². The molecule has 1 fully saturated rings. The van der Waals surface area contributed by atoms with Crippen molar-refractivity contribution in [2.45, 2.75) is 18.9 Å². The van der Waals surface area contributed by atoms with Crippen molar-refractivity contribution in [3.8, 4) is 0 Å². The summed E-state index contributed by atoms with van der Waals surface area (Å²) in [5, 5.41) is 13.9. The molecule has 1 aliphatic heterocycles. The summed E-state index contributed by atoms with van der Waals surface area (Å²) in [5.74, 6) is 0. The second-order valence-corrected chi connectivity index (χ2v) is 2.49. The lowest BCUT2D eigenvalue weighted by molar-refractivity contribution is 0.187. The molecule has 1 saturated heterocycles. The zero-order chi connectivity index (χ0) is 7.40. The number of carbonyl (C=O) groups is 1. The summed E-state index contributed by atoms with van der Waals surface area (Å²) in [6, 6.07) is 0.117. The van der Waals surface area contributed by atoms with Crippen molar-refractivity contribution in [2.24, 2.45) is 0 Å². The minimum atomic E-state index is -0.922. The molecule has 0 radical (unpaired) electrons. The summed E-state index contributed by atoms with van der Waals surface area (Å²) < 4.78 is 0. The Balaban J connectivity index is 2.19. The molecule has 0 spiro atoms. The number of hydrogen-bond acceptors (Lipinski definition) is 2. The van der Waals surface area contributed by atoms with E-state index in [-0.39, 0.29) is 6.04 Å². The van der Waals surface area contributed by atoms with Crippen LogP contribution in [0.25, 0.3) is 0 Å². The van der Waals surface area contributed by atoms with Crippen LogP contribution in [-0.4, -0.2) is 30.3 Å². The molecule has 0 aromatic carbocycles. The fourth-order valence-electron chi connectivity index (χ4n) is 1.15. The van der Waals surface area contributed by atoms with Crippen LogP contribution in [0.1, 0.15) is 12.8 Å². The normalized spacial score (nSPS) is 25.8. The van der Waals surface area contributed by atoms with Crippen LogP contribution in [-0.2, 0) is 0 Å². The molecule has 58 valence electrons. The predicted molar refractivity (Wildman–Crippen MR) is 37.1 cm³/mol. The highest BCUT2D eigenvalue weighted by Gasteiger charge is 2.13. The van der Waals surface area contributed by atoms with E-state index in [4.69, 9.17) is 5.11 Å². The summed E-state index contributed by atoms with van der Waals surface area (Å²) in [6.45, 7) is 1.78. The van der Waals surface area contributed by atoms with Crippen LogP contribution in [0.15, 0.2) is 0 Å². The maximum absolute atomic E-state index is 10.1. The molecule has 0 aromatic heterocycles.